The second-order valence-corrected chi connectivity index (χ2v) is 7.17. The molecule has 0 saturated heterocycles. The third-order valence-electron chi connectivity index (χ3n) is 5.34. The summed E-state index contributed by atoms with van der Waals surface area (Å²) in [7, 11) is 0. The third-order valence-corrected chi connectivity index (χ3v) is 5.34. The van der Waals surface area contributed by atoms with E-state index in [4.69, 9.17) is 5.26 Å². The van der Waals surface area contributed by atoms with Gasteiger partial charge in [-0.15, -0.1) is 0 Å². The average Bonchev–Trinajstić information content (AvgIpc) is 2.61. The summed E-state index contributed by atoms with van der Waals surface area (Å²) in [6.07, 6.45) is 7.47. The van der Waals surface area contributed by atoms with Gasteiger partial charge in [-0.2, -0.15) is 5.26 Å². The first kappa shape index (κ1) is 16.7. The smallest absolute Gasteiger partial charge is 0.131 e. The summed E-state index contributed by atoms with van der Waals surface area (Å²) >= 11 is 0. The fourth-order valence-electron chi connectivity index (χ4n) is 3.66. The molecule has 0 N–H and O–H groups in total. The standard InChI is InChI=1S/C22H24FN/c1-16-2-4-17(5-3-16)6-7-18-10-13-21(22(23)14-18)20-11-8-19(15-24)9-12-20/h8-14,16-17H,2-7H2,1H3. The van der Waals surface area contributed by atoms with Crippen LogP contribution in [-0.2, 0) is 6.42 Å². The summed E-state index contributed by atoms with van der Waals surface area (Å²) in [6.45, 7) is 2.34. The van der Waals surface area contributed by atoms with E-state index in [1.165, 1.54) is 32.1 Å². The SMILES string of the molecule is CC1CCC(CCc2ccc(-c3ccc(C#N)cc3)c(F)c2)CC1. The first-order valence-electron chi connectivity index (χ1n) is 8.94. The van der Waals surface area contributed by atoms with E-state index >= 15 is 0 Å². The number of halogens is 1. The van der Waals surface area contributed by atoms with Gasteiger partial charge in [0.1, 0.15) is 5.82 Å². The Balaban J connectivity index is 1.65. The van der Waals surface area contributed by atoms with E-state index in [1.807, 2.05) is 12.1 Å². The van der Waals surface area contributed by atoms with Gasteiger partial charge in [0.15, 0.2) is 0 Å². The van der Waals surface area contributed by atoms with Crippen molar-refractivity contribution in [2.24, 2.45) is 11.8 Å². The van der Waals surface area contributed by atoms with E-state index in [0.717, 1.165) is 29.4 Å². The van der Waals surface area contributed by atoms with E-state index in [9.17, 15) is 4.39 Å². The summed E-state index contributed by atoms with van der Waals surface area (Å²) < 4.78 is 14.5. The Morgan fingerprint density at radius 1 is 1.04 bits per heavy atom. The summed E-state index contributed by atoms with van der Waals surface area (Å²) in [5, 5.41) is 8.85. The Morgan fingerprint density at radius 3 is 2.38 bits per heavy atom. The molecule has 0 heterocycles. The molecule has 1 nitrogen and oxygen atoms in total. The van der Waals surface area contributed by atoms with Gasteiger partial charge in [-0.1, -0.05) is 56.9 Å². The normalized spacial score (nSPS) is 20.5. The van der Waals surface area contributed by atoms with Gasteiger partial charge in [0, 0.05) is 5.56 Å². The van der Waals surface area contributed by atoms with Crippen molar-refractivity contribution in [1.82, 2.24) is 0 Å². The van der Waals surface area contributed by atoms with Crippen molar-refractivity contribution >= 4 is 0 Å². The highest BCUT2D eigenvalue weighted by Crippen LogP contribution is 2.31. The number of aryl methyl sites for hydroxylation is 1. The van der Waals surface area contributed by atoms with Gasteiger partial charge in [0.25, 0.3) is 0 Å². The number of nitrogens with zero attached hydrogens (tertiary/aromatic N) is 1. The first-order valence-corrected chi connectivity index (χ1v) is 8.94. The Hall–Kier alpha value is -2.14. The molecule has 3 rings (SSSR count). The Kier molecular flexibility index (Phi) is 5.30. The minimum atomic E-state index is -0.172. The minimum Gasteiger partial charge on any atom is -0.206 e. The average molecular weight is 321 g/mol. The fourth-order valence-corrected chi connectivity index (χ4v) is 3.66. The lowest BCUT2D eigenvalue weighted by molar-refractivity contribution is 0.277. The lowest BCUT2D eigenvalue weighted by atomic mass is 9.80. The second kappa shape index (κ2) is 7.62. The van der Waals surface area contributed by atoms with Crippen LogP contribution >= 0.6 is 0 Å². The molecule has 0 atom stereocenters. The molecule has 1 fully saturated rings. The minimum absolute atomic E-state index is 0.172. The lowest BCUT2D eigenvalue weighted by Gasteiger charge is -2.26. The zero-order valence-corrected chi connectivity index (χ0v) is 14.3. The van der Waals surface area contributed by atoms with Crippen molar-refractivity contribution in [1.29, 1.82) is 5.26 Å². The number of nitriles is 1. The van der Waals surface area contributed by atoms with Gasteiger partial charge in [-0.05, 0) is 54.0 Å². The summed E-state index contributed by atoms with van der Waals surface area (Å²) in [5.41, 5.74) is 3.11. The van der Waals surface area contributed by atoms with Gasteiger partial charge in [0.2, 0.25) is 0 Å². The quantitative estimate of drug-likeness (QED) is 0.665. The predicted octanol–water partition coefficient (Wildman–Crippen LogP) is 6.12. The van der Waals surface area contributed by atoms with Crippen molar-refractivity contribution in [2.75, 3.05) is 0 Å². The molecule has 1 aliphatic carbocycles. The molecule has 0 unspecified atom stereocenters. The molecule has 1 aliphatic rings. The molecular formula is C22H24FN. The van der Waals surface area contributed by atoms with Crippen LogP contribution in [-0.4, -0.2) is 0 Å². The molecule has 0 aromatic heterocycles. The van der Waals surface area contributed by atoms with Crippen LogP contribution in [0.25, 0.3) is 11.1 Å². The maximum absolute atomic E-state index is 14.5. The molecule has 1 saturated carbocycles. The molecule has 2 aromatic rings. The molecule has 0 bridgehead atoms. The number of hydrogen-bond donors (Lipinski definition) is 0. The van der Waals surface area contributed by atoms with Crippen LogP contribution < -0.4 is 0 Å². The summed E-state index contributed by atoms with van der Waals surface area (Å²) in [6, 6.07) is 14.7. The van der Waals surface area contributed by atoms with Crippen molar-refractivity contribution in [3.8, 4) is 17.2 Å². The monoisotopic (exact) mass is 321 g/mol. The Morgan fingerprint density at radius 2 is 1.75 bits per heavy atom. The van der Waals surface area contributed by atoms with E-state index in [-0.39, 0.29) is 5.82 Å². The zero-order chi connectivity index (χ0) is 16.9. The maximum Gasteiger partial charge on any atom is 0.131 e. The van der Waals surface area contributed by atoms with Gasteiger partial charge < -0.3 is 0 Å². The van der Waals surface area contributed by atoms with Crippen LogP contribution in [0.2, 0.25) is 0 Å². The number of rotatable bonds is 4. The van der Waals surface area contributed by atoms with Crippen LogP contribution in [0.4, 0.5) is 4.39 Å². The van der Waals surface area contributed by atoms with Crippen LogP contribution in [0.1, 0.15) is 50.2 Å². The predicted molar refractivity (Wildman–Crippen MR) is 96.0 cm³/mol. The summed E-state index contributed by atoms with van der Waals surface area (Å²) in [5.74, 6) is 1.52. The van der Waals surface area contributed by atoms with Crippen LogP contribution in [0, 0.1) is 29.0 Å². The van der Waals surface area contributed by atoms with E-state index in [2.05, 4.69) is 13.0 Å². The molecule has 0 spiro atoms. The fraction of sp³-hybridized carbons (Fsp3) is 0.409. The molecule has 0 aliphatic heterocycles. The van der Waals surface area contributed by atoms with Gasteiger partial charge in [-0.3, -0.25) is 0 Å². The molecule has 0 radical (unpaired) electrons. The molecule has 124 valence electrons. The Labute approximate surface area is 144 Å². The Bertz CT molecular complexity index is 719. The van der Waals surface area contributed by atoms with Crippen LogP contribution in [0.15, 0.2) is 42.5 Å². The third kappa shape index (κ3) is 4.03. The molecule has 2 aromatic carbocycles. The lowest BCUT2D eigenvalue weighted by Crippen LogP contribution is -2.12. The number of hydrogen-bond acceptors (Lipinski definition) is 1. The first-order chi connectivity index (χ1) is 11.7. The zero-order valence-electron chi connectivity index (χ0n) is 14.3. The van der Waals surface area contributed by atoms with E-state index < -0.39 is 0 Å². The topological polar surface area (TPSA) is 23.8 Å². The second-order valence-electron chi connectivity index (χ2n) is 7.17. The van der Waals surface area contributed by atoms with E-state index in [1.54, 1.807) is 30.3 Å². The molecule has 0 amide bonds. The highest BCUT2D eigenvalue weighted by Gasteiger charge is 2.18. The van der Waals surface area contributed by atoms with Gasteiger partial charge in [0.05, 0.1) is 11.6 Å². The summed E-state index contributed by atoms with van der Waals surface area (Å²) in [4.78, 5) is 0. The molecule has 24 heavy (non-hydrogen) atoms. The molecular weight excluding hydrogens is 297 g/mol. The van der Waals surface area contributed by atoms with Crippen molar-refractivity contribution in [3.05, 3.63) is 59.4 Å². The highest BCUT2D eigenvalue weighted by atomic mass is 19.1. The highest BCUT2D eigenvalue weighted by molar-refractivity contribution is 5.65. The van der Waals surface area contributed by atoms with Crippen molar-refractivity contribution < 1.29 is 4.39 Å². The van der Waals surface area contributed by atoms with Crippen molar-refractivity contribution in [3.63, 3.8) is 0 Å². The van der Waals surface area contributed by atoms with Gasteiger partial charge >= 0.3 is 0 Å². The van der Waals surface area contributed by atoms with Crippen LogP contribution in [0.5, 0.6) is 0 Å². The maximum atomic E-state index is 14.5. The molecule has 2 heteroatoms. The van der Waals surface area contributed by atoms with Gasteiger partial charge in [-0.25, -0.2) is 4.39 Å². The van der Waals surface area contributed by atoms with Crippen molar-refractivity contribution in [2.45, 2.75) is 45.4 Å². The largest absolute Gasteiger partial charge is 0.206 e. The van der Waals surface area contributed by atoms with E-state index in [0.29, 0.717) is 11.1 Å². The number of benzene rings is 2. The van der Waals surface area contributed by atoms with Crippen LogP contribution in [0.3, 0.4) is 0 Å².